The van der Waals surface area contributed by atoms with Gasteiger partial charge in [-0.15, -0.1) is 0 Å². The quantitative estimate of drug-likeness (QED) is 0.814. The summed E-state index contributed by atoms with van der Waals surface area (Å²) in [6.07, 6.45) is 4.66. The Morgan fingerprint density at radius 3 is 2.61 bits per heavy atom. The van der Waals surface area contributed by atoms with Crippen molar-refractivity contribution in [1.29, 1.82) is 0 Å². The maximum absolute atomic E-state index is 12.3. The van der Waals surface area contributed by atoms with Crippen LogP contribution in [0.25, 0.3) is 0 Å². The number of benzene rings is 1. The molecule has 1 aliphatic carbocycles. The average Bonchev–Trinajstić information content (AvgIpc) is 2.54. The highest BCUT2D eigenvalue weighted by molar-refractivity contribution is 5.89. The van der Waals surface area contributed by atoms with Crippen molar-refractivity contribution in [3.05, 3.63) is 35.4 Å². The summed E-state index contributed by atoms with van der Waals surface area (Å²) in [5.74, 6) is -0.386. The van der Waals surface area contributed by atoms with Gasteiger partial charge in [-0.25, -0.2) is 4.79 Å². The molecule has 1 aliphatic rings. The lowest BCUT2D eigenvalue weighted by Crippen LogP contribution is -2.53. The average molecular weight is 318 g/mol. The fourth-order valence-corrected chi connectivity index (χ4v) is 3.17. The van der Waals surface area contributed by atoms with Gasteiger partial charge < -0.3 is 15.8 Å². The van der Waals surface area contributed by atoms with Crippen LogP contribution in [-0.2, 0) is 16.0 Å². The maximum Gasteiger partial charge on any atom is 0.337 e. The first kappa shape index (κ1) is 17.5. The van der Waals surface area contributed by atoms with Crippen LogP contribution in [0.3, 0.4) is 0 Å². The fourth-order valence-electron chi connectivity index (χ4n) is 3.17. The van der Waals surface area contributed by atoms with Crippen LogP contribution in [0, 0.1) is 5.92 Å². The Bertz CT molecular complexity index is 552. The lowest BCUT2D eigenvalue weighted by Gasteiger charge is -2.37. The van der Waals surface area contributed by atoms with Crippen molar-refractivity contribution < 1.29 is 14.3 Å². The third-order valence-electron chi connectivity index (χ3n) is 4.66. The molecule has 1 fully saturated rings. The lowest BCUT2D eigenvalue weighted by molar-refractivity contribution is -0.128. The maximum atomic E-state index is 12.3. The number of carbonyl (C=O) groups is 2. The minimum Gasteiger partial charge on any atom is -0.465 e. The second-order valence-corrected chi connectivity index (χ2v) is 6.53. The smallest absolute Gasteiger partial charge is 0.337 e. The molecule has 1 aromatic carbocycles. The zero-order chi connectivity index (χ0) is 16.9. The highest BCUT2D eigenvalue weighted by Gasteiger charge is 2.37. The van der Waals surface area contributed by atoms with Crippen LogP contribution in [0.15, 0.2) is 24.3 Å². The second-order valence-electron chi connectivity index (χ2n) is 6.53. The molecule has 0 heterocycles. The molecule has 1 aromatic rings. The van der Waals surface area contributed by atoms with Crippen molar-refractivity contribution in [3.8, 4) is 0 Å². The van der Waals surface area contributed by atoms with Gasteiger partial charge in [0.1, 0.15) is 0 Å². The highest BCUT2D eigenvalue weighted by atomic mass is 16.5. The Labute approximate surface area is 137 Å². The SMILES string of the molecule is COC(=O)c1ccc(CCNC(=O)C2CCCCC2(C)N)cc1. The van der Waals surface area contributed by atoms with Crippen molar-refractivity contribution in [2.45, 2.75) is 44.6 Å². The van der Waals surface area contributed by atoms with E-state index in [4.69, 9.17) is 5.73 Å². The first-order valence-corrected chi connectivity index (χ1v) is 8.18. The van der Waals surface area contributed by atoms with Crippen LogP contribution in [0.4, 0.5) is 0 Å². The molecule has 2 rings (SSSR count). The molecular formula is C18H26N2O3. The molecule has 5 nitrogen and oxygen atoms in total. The summed E-state index contributed by atoms with van der Waals surface area (Å²) in [7, 11) is 1.36. The topological polar surface area (TPSA) is 81.4 Å². The first-order chi connectivity index (χ1) is 10.9. The third-order valence-corrected chi connectivity index (χ3v) is 4.66. The van der Waals surface area contributed by atoms with Crippen molar-refractivity contribution in [1.82, 2.24) is 5.32 Å². The number of hydrogen-bond donors (Lipinski definition) is 2. The Balaban J connectivity index is 1.82. The van der Waals surface area contributed by atoms with Crippen LogP contribution in [0.1, 0.15) is 48.5 Å². The van der Waals surface area contributed by atoms with Crippen LogP contribution < -0.4 is 11.1 Å². The van der Waals surface area contributed by atoms with Crippen LogP contribution in [-0.4, -0.2) is 31.1 Å². The number of esters is 1. The molecule has 2 atom stereocenters. The van der Waals surface area contributed by atoms with E-state index in [-0.39, 0.29) is 17.8 Å². The fraction of sp³-hybridized carbons (Fsp3) is 0.556. The minimum atomic E-state index is -0.398. The molecule has 0 aromatic heterocycles. The van der Waals surface area contributed by atoms with E-state index in [0.29, 0.717) is 12.1 Å². The molecule has 23 heavy (non-hydrogen) atoms. The van der Waals surface area contributed by atoms with E-state index >= 15 is 0 Å². The van der Waals surface area contributed by atoms with E-state index in [1.807, 2.05) is 19.1 Å². The first-order valence-electron chi connectivity index (χ1n) is 8.18. The monoisotopic (exact) mass is 318 g/mol. The van der Waals surface area contributed by atoms with Crippen LogP contribution in [0.2, 0.25) is 0 Å². The Morgan fingerprint density at radius 2 is 2.00 bits per heavy atom. The van der Waals surface area contributed by atoms with Gasteiger partial charge >= 0.3 is 5.97 Å². The standard InChI is InChI=1S/C18H26N2O3/c1-18(19)11-4-3-5-15(18)16(21)20-12-10-13-6-8-14(9-7-13)17(22)23-2/h6-9,15H,3-5,10-12,19H2,1-2H3,(H,20,21). The molecule has 0 radical (unpaired) electrons. The summed E-state index contributed by atoms with van der Waals surface area (Å²) in [5.41, 5.74) is 7.46. The molecule has 126 valence electrons. The summed E-state index contributed by atoms with van der Waals surface area (Å²) in [6, 6.07) is 7.24. The molecule has 0 aliphatic heterocycles. The number of rotatable bonds is 5. The summed E-state index contributed by atoms with van der Waals surface area (Å²) < 4.78 is 4.67. The zero-order valence-electron chi connectivity index (χ0n) is 13.9. The zero-order valence-corrected chi connectivity index (χ0v) is 13.9. The van der Waals surface area contributed by atoms with Crippen molar-refractivity contribution in [3.63, 3.8) is 0 Å². The molecule has 0 spiro atoms. The molecule has 5 heteroatoms. The number of methoxy groups -OCH3 is 1. The van der Waals surface area contributed by atoms with Crippen LogP contribution in [0.5, 0.6) is 0 Å². The molecule has 1 amide bonds. The number of ether oxygens (including phenoxy) is 1. The van der Waals surface area contributed by atoms with Crippen molar-refractivity contribution in [2.75, 3.05) is 13.7 Å². The number of amides is 1. The molecule has 0 bridgehead atoms. The van der Waals surface area contributed by atoms with E-state index in [1.165, 1.54) is 7.11 Å². The third kappa shape index (κ3) is 4.55. The summed E-state index contributed by atoms with van der Waals surface area (Å²) in [6.45, 7) is 2.55. The number of carbonyl (C=O) groups excluding carboxylic acids is 2. The van der Waals surface area contributed by atoms with E-state index in [0.717, 1.165) is 37.7 Å². The van der Waals surface area contributed by atoms with Gasteiger partial charge in [0.15, 0.2) is 0 Å². The van der Waals surface area contributed by atoms with E-state index in [2.05, 4.69) is 10.1 Å². The van der Waals surface area contributed by atoms with Gasteiger partial charge in [-0.1, -0.05) is 25.0 Å². The van der Waals surface area contributed by atoms with Gasteiger partial charge in [-0.05, 0) is 43.9 Å². The predicted molar refractivity (Wildman–Crippen MR) is 89.0 cm³/mol. The van der Waals surface area contributed by atoms with Gasteiger partial charge in [0.2, 0.25) is 5.91 Å². The van der Waals surface area contributed by atoms with E-state index < -0.39 is 5.54 Å². The highest BCUT2D eigenvalue weighted by Crippen LogP contribution is 2.31. The predicted octanol–water partition coefficient (Wildman–Crippen LogP) is 2.04. The normalized spacial score (nSPS) is 24.0. The van der Waals surface area contributed by atoms with Gasteiger partial charge in [-0.3, -0.25) is 4.79 Å². The van der Waals surface area contributed by atoms with Gasteiger partial charge in [0.05, 0.1) is 18.6 Å². The number of nitrogens with two attached hydrogens (primary N) is 1. The van der Waals surface area contributed by atoms with Crippen molar-refractivity contribution in [2.24, 2.45) is 11.7 Å². The Hall–Kier alpha value is -1.88. The van der Waals surface area contributed by atoms with E-state index in [9.17, 15) is 9.59 Å². The van der Waals surface area contributed by atoms with E-state index in [1.54, 1.807) is 12.1 Å². The van der Waals surface area contributed by atoms with Gasteiger partial charge in [0, 0.05) is 12.1 Å². The lowest BCUT2D eigenvalue weighted by atomic mass is 9.74. The van der Waals surface area contributed by atoms with Gasteiger partial charge in [0.25, 0.3) is 0 Å². The molecular weight excluding hydrogens is 292 g/mol. The molecule has 2 unspecified atom stereocenters. The summed E-state index contributed by atoms with van der Waals surface area (Å²) in [5, 5.41) is 2.99. The van der Waals surface area contributed by atoms with Gasteiger partial charge in [-0.2, -0.15) is 0 Å². The molecule has 1 saturated carbocycles. The summed E-state index contributed by atoms with van der Waals surface area (Å²) in [4.78, 5) is 23.7. The number of nitrogens with one attached hydrogen (secondary N) is 1. The minimum absolute atomic E-state index is 0.0564. The van der Waals surface area contributed by atoms with Crippen molar-refractivity contribution >= 4 is 11.9 Å². The Kier molecular flexibility index (Phi) is 5.77. The van der Waals surface area contributed by atoms with Crippen LogP contribution >= 0.6 is 0 Å². The number of hydrogen-bond acceptors (Lipinski definition) is 4. The molecule has 3 N–H and O–H groups in total. The molecule has 0 saturated heterocycles. The Morgan fingerprint density at radius 1 is 1.30 bits per heavy atom. The second kappa shape index (κ2) is 7.59. The summed E-state index contributed by atoms with van der Waals surface area (Å²) >= 11 is 0. The largest absolute Gasteiger partial charge is 0.465 e.